The van der Waals surface area contributed by atoms with Crippen molar-refractivity contribution in [3.05, 3.63) is 0 Å². The Morgan fingerprint density at radius 1 is 1.75 bits per heavy atom. The summed E-state index contributed by atoms with van der Waals surface area (Å²) < 4.78 is 1.55. The third-order valence-corrected chi connectivity index (χ3v) is 1.66. The van der Waals surface area contributed by atoms with Crippen LogP contribution < -0.4 is 0 Å². The molecule has 0 atom stereocenters. The van der Waals surface area contributed by atoms with Crippen LogP contribution in [0.3, 0.4) is 0 Å². The van der Waals surface area contributed by atoms with Crippen LogP contribution >= 0.6 is 22.5 Å². The Labute approximate surface area is 55.5 Å². The lowest BCUT2D eigenvalue weighted by Gasteiger charge is -1.86. The lowest BCUT2D eigenvalue weighted by molar-refractivity contribution is 0.666. The zero-order chi connectivity index (χ0) is 5.98. The Bertz CT molecular complexity index is 172. The van der Waals surface area contributed by atoms with Crippen LogP contribution in [-0.4, -0.2) is 20.2 Å². The van der Waals surface area contributed by atoms with Crippen LogP contribution in [0.15, 0.2) is 5.16 Å². The first kappa shape index (κ1) is 5.90. The molecule has 1 aromatic rings. The quantitative estimate of drug-likeness (QED) is 0.454. The Morgan fingerprint density at radius 2 is 2.50 bits per heavy atom. The molecule has 6 heteroatoms. The number of tetrazole rings is 1. The fourth-order valence-corrected chi connectivity index (χ4v) is 0.990. The van der Waals surface area contributed by atoms with Crippen LogP contribution in [-0.2, 0) is 7.05 Å². The number of rotatable bonds is 1. The predicted molar refractivity (Wildman–Crippen MR) is 33.6 cm³/mol. The third-order valence-electron chi connectivity index (χ3n) is 0.663. The molecule has 4 nitrogen and oxygen atoms in total. The maximum Gasteiger partial charge on any atom is 0.219 e. The van der Waals surface area contributed by atoms with E-state index in [4.69, 9.17) is 0 Å². The van der Waals surface area contributed by atoms with E-state index in [2.05, 4.69) is 27.2 Å². The van der Waals surface area contributed by atoms with Crippen molar-refractivity contribution in [3.63, 3.8) is 0 Å². The molecular formula is C2H4N4S2. The highest BCUT2D eigenvalue weighted by molar-refractivity contribution is 8.68. The average molecular weight is 148 g/mol. The molecule has 44 valence electrons. The summed E-state index contributed by atoms with van der Waals surface area (Å²) in [6, 6.07) is 0. The van der Waals surface area contributed by atoms with Gasteiger partial charge in [0.1, 0.15) is 0 Å². The van der Waals surface area contributed by atoms with E-state index in [1.807, 2.05) is 0 Å². The Morgan fingerprint density at radius 3 is 2.75 bits per heavy atom. The van der Waals surface area contributed by atoms with Crippen LogP contribution in [0.4, 0.5) is 0 Å². The van der Waals surface area contributed by atoms with Crippen molar-refractivity contribution in [3.8, 4) is 0 Å². The van der Waals surface area contributed by atoms with Crippen molar-refractivity contribution in [1.29, 1.82) is 0 Å². The van der Waals surface area contributed by atoms with Crippen LogP contribution in [0, 0.1) is 0 Å². The highest BCUT2D eigenvalue weighted by Gasteiger charge is 1.96. The number of nitrogens with zero attached hydrogens (tertiary/aromatic N) is 4. The molecule has 0 unspecified atom stereocenters. The first-order valence-electron chi connectivity index (χ1n) is 1.88. The van der Waals surface area contributed by atoms with Crippen molar-refractivity contribution in [1.82, 2.24) is 20.2 Å². The summed E-state index contributed by atoms with van der Waals surface area (Å²) >= 11 is 3.90. The van der Waals surface area contributed by atoms with E-state index >= 15 is 0 Å². The summed E-state index contributed by atoms with van der Waals surface area (Å²) in [6.45, 7) is 0. The molecule has 0 aliphatic heterocycles. The van der Waals surface area contributed by atoms with E-state index in [1.165, 1.54) is 10.8 Å². The molecule has 0 aliphatic carbocycles. The second-order valence-corrected chi connectivity index (χ2v) is 2.27. The molecule has 0 bridgehead atoms. The average Bonchev–Trinajstić information content (AvgIpc) is 2.14. The zero-order valence-corrected chi connectivity index (χ0v) is 5.86. The molecule has 1 heterocycles. The van der Waals surface area contributed by atoms with Crippen molar-refractivity contribution < 1.29 is 0 Å². The van der Waals surface area contributed by atoms with Gasteiger partial charge in [0.05, 0.1) is 0 Å². The minimum Gasteiger partial charge on any atom is -0.223 e. The smallest absolute Gasteiger partial charge is 0.219 e. The van der Waals surface area contributed by atoms with Crippen molar-refractivity contribution in [2.24, 2.45) is 7.05 Å². The van der Waals surface area contributed by atoms with Crippen molar-refractivity contribution in [2.75, 3.05) is 0 Å². The molecule has 0 saturated heterocycles. The standard InChI is InChI=1S/C2H4N4S2/c1-6-2(8-7)3-4-5-6/h7H,1H3. The Kier molecular flexibility index (Phi) is 1.74. The van der Waals surface area contributed by atoms with Gasteiger partial charge in [0.2, 0.25) is 5.16 Å². The second-order valence-electron chi connectivity index (χ2n) is 1.18. The molecule has 1 rings (SSSR count). The fraction of sp³-hybridized carbons (Fsp3) is 0.500. The molecule has 0 spiro atoms. The van der Waals surface area contributed by atoms with Crippen molar-refractivity contribution in [2.45, 2.75) is 5.16 Å². The minimum atomic E-state index is 0.702. The molecule has 0 saturated carbocycles. The summed E-state index contributed by atoms with van der Waals surface area (Å²) in [6.07, 6.45) is 0. The molecule has 1 aromatic heterocycles. The highest BCUT2D eigenvalue weighted by atomic mass is 33.1. The number of thiol groups is 1. The molecule has 0 fully saturated rings. The van der Waals surface area contributed by atoms with E-state index in [1.54, 1.807) is 11.7 Å². The number of hydrogen-bond acceptors (Lipinski definition) is 5. The van der Waals surface area contributed by atoms with Crippen LogP contribution in [0.1, 0.15) is 0 Å². The SMILES string of the molecule is Cn1nnnc1SS. The molecule has 8 heavy (non-hydrogen) atoms. The Hall–Kier alpha value is -0.230. The van der Waals surface area contributed by atoms with Gasteiger partial charge in [-0.25, -0.2) is 4.68 Å². The highest BCUT2D eigenvalue weighted by Crippen LogP contribution is 2.14. The zero-order valence-electron chi connectivity index (χ0n) is 4.14. The monoisotopic (exact) mass is 148 g/mol. The first-order valence-corrected chi connectivity index (χ1v) is 3.75. The van der Waals surface area contributed by atoms with Crippen molar-refractivity contribution >= 4 is 22.5 Å². The number of aromatic nitrogens is 4. The number of aryl methyl sites for hydroxylation is 1. The van der Waals surface area contributed by atoms with E-state index in [9.17, 15) is 0 Å². The molecule has 0 aromatic carbocycles. The van der Waals surface area contributed by atoms with Gasteiger partial charge in [-0.05, 0) is 21.2 Å². The molecule has 0 aliphatic rings. The van der Waals surface area contributed by atoms with Gasteiger partial charge in [-0.2, -0.15) is 0 Å². The summed E-state index contributed by atoms with van der Waals surface area (Å²) in [7, 11) is 2.99. The largest absolute Gasteiger partial charge is 0.223 e. The molecule has 0 N–H and O–H groups in total. The molecule has 0 amide bonds. The summed E-state index contributed by atoms with van der Waals surface area (Å²) in [4.78, 5) is 0. The van der Waals surface area contributed by atoms with Crippen LogP contribution in [0.25, 0.3) is 0 Å². The van der Waals surface area contributed by atoms with Gasteiger partial charge in [-0.3, -0.25) is 0 Å². The van der Waals surface area contributed by atoms with Gasteiger partial charge in [-0.1, -0.05) is 0 Å². The minimum absolute atomic E-state index is 0.702. The van der Waals surface area contributed by atoms with Crippen LogP contribution in [0.2, 0.25) is 0 Å². The predicted octanol–water partition coefficient (Wildman–Crippen LogP) is 0.147. The lowest BCUT2D eigenvalue weighted by atomic mass is 11.2. The Balaban J connectivity index is 2.92. The van der Waals surface area contributed by atoms with Gasteiger partial charge in [0.25, 0.3) is 0 Å². The lowest BCUT2D eigenvalue weighted by Crippen LogP contribution is -1.90. The second kappa shape index (κ2) is 2.36. The fourth-order valence-electron chi connectivity index (χ4n) is 0.299. The van der Waals surface area contributed by atoms with Gasteiger partial charge in [0.15, 0.2) is 0 Å². The normalized spacial score (nSPS) is 9.75. The molecule has 0 radical (unpaired) electrons. The van der Waals surface area contributed by atoms with Gasteiger partial charge >= 0.3 is 0 Å². The summed E-state index contributed by atoms with van der Waals surface area (Å²) in [5.41, 5.74) is 0. The topological polar surface area (TPSA) is 43.6 Å². The van der Waals surface area contributed by atoms with Gasteiger partial charge in [0, 0.05) is 7.05 Å². The first-order chi connectivity index (χ1) is 3.84. The van der Waals surface area contributed by atoms with Gasteiger partial charge < -0.3 is 0 Å². The van der Waals surface area contributed by atoms with Gasteiger partial charge in [-0.15, -0.1) is 16.8 Å². The maximum absolute atomic E-state index is 3.90. The van der Waals surface area contributed by atoms with Crippen LogP contribution in [0.5, 0.6) is 0 Å². The third kappa shape index (κ3) is 0.948. The summed E-state index contributed by atoms with van der Waals surface area (Å²) in [5, 5.41) is 11.3. The van der Waals surface area contributed by atoms with E-state index < -0.39 is 0 Å². The van der Waals surface area contributed by atoms with E-state index in [0.29, 0.717) is 5.16 Å². The van der Waals surface area contributed by atoms with E-state index in [0.717, 1.165) is 0 Å². The summed E-state index contributed by atoms with van der Waals surface area (Å²) in [5.74, 6) is 0. The van der Waals surface area contributed by atoms with E-state index in [-0.39, 0.29) is 0 Å². The number of hydrogen-bond donors (Lipinski definition) is 1. The maximum atomic E-state index is 3.90. The molecular weight excluding hydrogens is 144 g/mol.